The summed E-state index contributed by atoms with van der Waals surface area (Å²) in [6, 6.07) is 13.6. The minimum Gasteiger partial charge on any atom is -0.452 e. The van der Waals surface area contributed by atoms with Crippen LogP contribution in [0.5, 0.6) is 0 Å². The highest BCUT2D eigenvalue weighted by Crippen LogP contribution is 2.30. The van der Waals surface area contributed by atoms with Crippen LogP contribution in [0.15, 0.2) is 42.5 Å². The summed E-state index contributed by atoms with van der Waals surface area (Å²) < 4.78 is 5.47. The van der Waals surface area contributed by atoms with E-state index in [0.29, 0.717) is 5.56 Å². The molecule has 30 heavy (non-hydrogen) atoms. The minimum atomic E-state index is -0.454. The Labute approximate surface area is 176 Å². The first-order valence-corrected chi connectivity index (χ1v) is 10.5. The van der Waals surface area contributed by atoms with Gasteiger partial charge in [-0.1, -0.05) is 36.8 Å². The molecule has 1 N–H and O–H groups in total. The number of pyridine rings is 1. The average Bonchev–Trinajstić information content (AvgIpc) is 2.76. The Morgan fingerprint density at radius 1 is 1.10 bits per heavy atom. The number of aryl methyl sites for hydroxylation is 3. The summed E-state index contributed by atoms with van der Waals surface area (Å²) in [7, 11) is 0. The maximum absolute atomic E-state index is 13.1. The number of anilines is 1. The Morgan fingerprint density at radius 3 is 2.73 bits per heavy atom. The summed E-state index contributed by atoms with van der Waals surface area (Å²) in [6.07, 6.45) is 4.59. The van der Waals surface area contributed by atoms with Crippen molar-refractivity contribution in [2.75, 3.05) is 11.9 Å². The zero-order valence-corrected chi connectivity index (χ0v) is 17.5. The summed E-state index contributed by atoms with van der Waals surface area (Å²) in [5.41, 5.74) is 6.18. The van der Waals surface area contributed by atoms with Crippen LogP contribution >= 0.6 is 0 Å². The Morgan fingerprint density at radius 2 is 1.90 bits per heavy atom. The van der Waals surface area contributed by atoms with E-state index in [1.165, 1.54) is 0 Å². The molecule has 1 aromatic heterocycles. The Hall–Kier alpha value is -3.21. The molecule has 5 heteroatoms. The van der Waals surface area contributed by atoms with Gasteiger partial charge in [-0.15, -0.1) is 0 Å². The van der Waals surface area contributed by atoms with Gasteiger partial charge in [0.1, 0.15) is 0 Å². The number of hydrogen-bond donors (Lipinski definition) is 1. The average molecular weight is 402 g/mol. The van der Waals surface area contributed by atoms with Gasteiger partial charge >= 0.3 is 5.97 Å². The molecule has 1 aliphatic rings. The number of nitrogens with zero attached hydrogens (tertiary/aromatic N) is 1. The number of amides is 1. The van der Waals surface area contributed by atoms with Crippen LogP contribution in [-0.4, -0.2) is 23.5 Å². The SMILES string of the molecule is CCc1ccccc1NC(=O)COC(=O)c1c2c(nc3ccc(C)cc13)CCCC2. The smallest absolute Gasteiger partial charge is 0.339 e. The van der Waals surface area contributed by atoms with Crippen LogP contribution < -0.4 is 5.32 Å². The monoisotopic (exact) mass is 402 g/mol. The van der Waals surface area contributed by atoms with Gasteiger partial charge in [-0.05, 0) is 68.4 Å². The van der Waals surface area contributed by atoms with Crippen molar-refractivity contribution in [2.24, 2.45) is 0 Å². The molecule has 0 saturated carbocycles. The highest BCUT2D eigenvalue weighted by Gasteiger charge is 2.24. The summed E-state index contributed by atoms with van der Waals surface area (Å²) in [5, 5.41) is 3.65. The van der Waals surface area contributed by atoms with Gasteiger partial charge in [-0.2, -0.15) is 0 Å². The van der Waals surface area contributed by atoms with Crippen molar-refractivity contribution in [2.45, 2.75) is 46.0 Å². The third kappa shape index (κ3) is 4.06. The Bertz CT molecular complexity index is 1120. The van der Waals surface area contributed by atoms with Gasteiger partial charge in [0.15, 0.2) is 6.61 Å². The molecule has 0 radical (unpaired) electrons. The van der Waals surface area contributed by atoms with E-state index in [-0.39, 0.29) is 12.5 Å². The molecular formula is C25H26N2O3. The predicted molar refractivity (Wildman–Crippen MR) is 118 cm³/mol. The van der Waals surface area contributed by atoms with Crippen LogP contribution in [0, 0.1) is 6.92 Å². The summed E-state index contributed by atoms with van der Waals surface area (Å²) >= 11 is 0. The van der Waals surface area contributed by atoms with Crippen LogP contribution in [0.4, 0.5) is 5.69 Å². The van der Waals surface area contributed by atoms with Gasteiger partial charge in [0.25, 0.3) is 5.91 Å². The molecule has 3 aromatic rings. The second-order valence-electron chi connectivity index (χ2n) is 7.77. The van der Waals surface area contributed by atoms with Gasteiger partial charge < -0.3 is 10.1 Å². The number of fused-ring (bicyclic) bond motifs is 2. The molecule has 0 fully saturated rings. The second kappa shape index (κ2) is 8.66. The number of nitrogens with one attached hydrogen (secondary N) is 1. The van der Waals surface area contributed by atoms with Crippen LogP contribution in [0.25, 0.3) is 10.9 Å². The highest BCUT2D eigenvalue weighted by atomic mass is 16.5. The topological polar surface area (TPSA) is 68.3 Å². The number of esters is 1. The van der Waals surface area contributed by atoms with Gasteiger partial charge in [0.05, 0.1) is 11.1 Å². The fourth-order valence-electron chi connectivity index (χ4n) is 4.11. The molecule has 0 spiro atoms. The van der Waals surface area contributed by atoms with Gasteiger partial charge in [-0.3, -0.25) is 9.78 Å². The fraction of sp³-hybridized carbons (Fsp3) is 0.320. The first-order chi connectivity index (χ1) is 14.6. The van der Waals surface area contributed by atoms with Crippen molar-refractivity contribution in [1.29, 1.82) is 0 Å². The Balaban J connectivity index is 1.57. The van der Waals surface area contributed by atoms with Crippen molar-refractivity contribution < 1.29 is 14.3 Å². The third-order valence-electron chi connectivity index (χ3n) is 5.63. The van der Waals surface area contributed by atoms with Gasteiger partial charge in [-0.25, -0.2) is 4.79 Å². The zero-order valence-electron chi connectivity index (χ0n) is 17.5. The molecule has 5 nitrogen and oxygen atoms in total. The molecule has 154 valence electrons. The fourth-order valence-corrected chi connectivity index (χ4v) is 4.11. The van der Waals surface area contributed by atoms with Crippen molar-refractivity contribution in [1.82, 2.24) is 4.98 Å². The molecular weight excluding hydrogens is 376 g/mol. The van der Waals surface area contributed by atoms with E-state index >= 15 is 0 Å². The minimum absolute atomic E-state index is 0.318. The lowest BCUT2D eigenvalue weighted by Gasteiger charge is -2.20. The maximum Gasteiger partial charge on any atom is 0.339 e. The highest BCUT2D eigenvalue weighted by molar-refractivity contribution is 6.06. The van der Waals surface area contributed by atoms with Crippen molar-refractivity contribution in [3.63, 3.8) is 0 Å². The molecule has 0 unspecified atom stereocenters. The molecule has 4 rings (SSSR count). The van der Waals surface area contributed by atoms with E-state index in [4.69, 9.17) is 9.72 Å². The Kier molecular flexibility index (Phi) is 5.79. The molecule has 0 saturated heterocycles. The molecule has 0 bridgehead atoms. The predicted octanol–water partition coefficient (Wildman–Crippen LogP) is 4.78. The summed E-state index contributed by atoms with van der Waals surface area (Å²) in [4.78, 5) is 30.3. The molecule has 1 aliphatic carbocycles. The second-order valence-corrected chi connectivity index (χ2v) is 7.77. The van der Waals surface area contributed by atoms with E-state index in [2.05, 4.69) is 5.32 Å². The molecule has 1 amide bonds. The normalized spacial score (nSPS) is 13.0. The lowest BCUT2D eigenvalue weighted by atomic mass is 9.89. The number of carbonyl (C=O) groups excluding carboxylic acids is 2. The largest absolute Gasteiger partial charge is 0.452 e. The molecule has 2 aromatic carbocycles. The van der Waals surface area contributed by atoms with Gasteiger partial charge in [0.2, 0.25) is 0 Å². The maximum atomic E-state index is 13.1. The van der Waals surface area contributed by atoms with Crippen LogP contribution in [0.1, 0.15) is 52.5 Å². The van der Waals surface area contributed by atoms with E-state index in [0.717, 1.165) is 71.1 Å². The number of carbonyl (C=O) groups is 2. The molecule has 0 aliphatic heterocycles. The third-order valence-corrected chi connectivity index (χ3v) is 5.63. The van der Waals surface area contributed by atoms with Crippen molar-refractivity contribution >= 4 is 28.5 Å². The van der Waals surface area contributed by atoms with E-state index in [1.54, 1.807) is 0 Å². The summed E-state index contributed by atoms with van der Waals surface area (Å²) in [5.74, 6) is -0.794. The van der Waals surface area contributed by atoms with E-state index < -0.39 is 5.97 Å². The van der Waals surface area contributed by atoms with E-state index in [1.807, 2.05) is 56.3 Å². The number of aromatic nitrogens is 1. The first kappa shape index (κ1) is 20.1. The van der Waals surface area contributed by atoms with Crippen LogP contribution in [-0.2, 0) is 28.8 Å². The summed E-state index contributed by atoms with van der Waals surface area (Å²) in [6.45, 7) is 3.71. The molecule has 0 atom stereocenters. The lowest BCUT2D eigenvalue weighted by Crippen LogP contribution is -2.23. The van der Waals surface area contributed by atoms with E-state index in [9.17, 15) is 9.59 Å². The number of ether oxygens (including phenoxy) is 1. The number of para-hydroxylation sites is 1. The van der Waals surface area contributed by atoms with Crippen molar-refractivity contribution in [3.05, 3.63) is 70.4 Å². The number of rotatable bonds is 5. The standard InChI is InChI=1S/C25H26N2O3/c1-3-17-8-4-6-10-20(17)27-23(28)15-30-25(29)24-18-9-5-7-11-21(18)26-22-13-12-16(2)14-19(22)24/h4,6,8,10,12-14H,3,5,7,9,11,15H2,1-2H3,(H,27,28). The molecule has 1 heterocycles. The number of hydrogen-bond acceptors (Lipinski definition) is 4. The van der Waals surface area contributed by atoms with Crippen LogP contribution in [0.2, 0.25) is 0 Å². The number of benzene rings is 2. The zero-order chi connectivity index (χ0) is 21.1. The first-order valence-electron chi connectivity index (χ1n) is 10.5. The lowest BCUT2D eigenvalue weighted by molar-refractivity contribution is -0.119. The van der Waals surface area contributed by atoms with Crippen molar-refractivity contribution in [3.8, 4) is 0 Å². The van der Waals surface area contributed by atoms with Crippen LogP contribution in [0.3, 0.4) is 0 Å². The van der Waals surface area contributed by atoms with Gasteiger partial charge in [0, 0.05) is 16.8 Å². The quantitative estimate of drug-likeness (QED) is 0.624.